The largest absolute Gasteiger partial charge is 0.573 e. The fourth-order valence-electron chi connectivity index (χ4n) is 1.31. The van der Waals surface area contributed by atoms with Gasteiger partial charge in [0.25, 0.3) is 6.43 Å². The van der Waals surface area contributed by atoms with Crippen LogP contribution in [-0.4, -0.2) is 17.5 Å². The van der Waals surface area contributed by atoms with E-state index in [1.165, 1.54) is 6.92 Å². The Bertz CT molecular complexity index is 471. The highest BCUT2D eigenvalue weighted by molar-refractivity contribution is 6.33. The van der Waals surface area contributed by atoms with Crippen molar-refractivity contribution in [1.29, 1.82) is 0 Å². The van der Waals surface area contributed by atoms with Gasteiger partial charge in [0.2, 0.25) is 0 Å². The fourth-order valence-corrected chi connectivity index (χ4v) is 1.44. The highest BCUT2D eigenvalue weighted by Gasteiger charge is 2.33. The summed E-state index contributed by atoms with van der Waals surface area (Å²) >= 11 is 5.49. The summed E-state index contributed by atoms with van der Waals surface area (Å²) in [5, 5.41) is -0.990. The predicted molar refractivity (Wildman–Crippen MR) is 57.7 cm³/mol. The van der Waals surface area contributed by atoms with Crippen LogP contribution in [0.15, 0.2) is 18.2 Å². The van der Waals surface area contributed by atoms with E-state index in [-0.39, 0.29) is 5.56 Å². The minimum Gasteiger partial charge on any atom is -0.405 e. The third-order valence-electron chi connectivity index (χ3n) is 2.12. The zero-order chi connectivity index (χ0) is 14.8. The standard InChI is InChI=1S/C11H8ClF5O2/c1-5(12)9(18)6-2-3-7(10(13)14)8(4-6)19-11(15,16)17/h2-5,10H,1H3. The Kier molecular flexibility index (Phi) is 4.73. The van der Waals surface area contributed by atoms with Gasteiger partial charge in [-0.3, -0.25) is 4.79 Å². The lowest BCUT2D eigenvalue weighted by Gasteiger charge is -2.14. The van der Waals surface area contributed by atoms with Crippen LogP contribution in [0.4, 0.5) is 22.0 Å². The summed E-state index contributed by atoms with van der Waals surface area (Å²) in [4.78, 5) is 11.5. The lowest BCUT2D eigenvalue weighted by Crippen LogP contribution is -2.19. The Morgan fingerprint density at radius 1 is 1.32 bits per heavy atom. The molecule has 1 unspecified atom stereocenters. The van der Waals surface area contributed by atoms with E-state index in [4.69, 9.17) is 11.6 Å². The van der Waals surface area contributed by atoms with Crippen LogP contribution in [0, 0.1) is 0 Å². The van der Waals surface area contributed by atoms with Gasteiger partial charge in [-0.05, 0) is 19.1 Å². The van der Waals surface area contributed by atoms with E-state index >= 15 is 0 Å². The second kappa shape index (κ2) is 5.73. The monoisotopic (exact) mass is 302 g/mol. The van der Waals surface area contributed by atoms with Gasteiger partial charge in [-0.25, -0.2) is 8.78 Å². The lowest BCUT2D eigenvalue weighted by atomic mass is 10.1. The van der Waals surface area contributed by atoms with E-state index in [0.717, 1.165) is 6.07 Å². The Morgan fingerprint density at radius 2 is 1.89 bits per heavy atom. The van der Waals surface area contributed by atoms with E-state index in [1.54, 1.807) is 0 Å². The number of carbonyl (C=O) groups is 1. The number of Topliss-reactive ketones (excluding diaryl/α,β-unsaturated/α-hetero) is 1. The molecule has 0 aliphatic heterocycles. The van der Waals surface area contributed by atoms with Crippen molar-refractivity contribution in [3.05, 3.63) is 29.3 Å². The Morgan fingerprint density at radius 3 is 2.32 bits per heavy atom. The van der Waals surface area contributed by atoms with E-state index in [9.17, 15) is 26.7 Å². The summed E-state index contributed by atoms with van der Waals surface area (Å²) in [5.74, 6) is -1.79. The second-order valence-corrected chi connectivity index (χ2v) is 4.24. The molecular weight excluding hydrogens is 295 g/mol. The molecule has 0 saturated carbocycles. The Labute approximate surface area is 110 Å². The average Bonchev–Trinajstić information content (AvgIpc) is 2.25. The number of ketones is 1. The summed E-state index contributed by atoms with van der Waals surface area (Å²) in [7, 11) is 0. The summed E-state index contributed by atoms with van der Waals surface area (Å²) in [6.07, 6.45) is -8.28. The van der Waals surface area contributed by atoms with Crippen LogP contribution in [0.5, 0.6) is 5.75 Å². The van der Waals surface area contributed by atoms with Gasteiger partial charge in [0, 0.05) is 5.56 Å². The van der Waals surface area contributed by atoms with Crippen LogP contribution >= 0.6 is 11.6 Å². The van der Waals surface area contributed by atoms with Crippen molar-refractivity contribution in [2.75, 3.05) is 0 Å². The molecular formula is C11H8ClF5O2. The van der Waals surface area contributed by atoms with Crippen molar-refractivity contribution in [2.24, 2.45) is 0 Å². The number of halogens is 6. The molecule has 1 aromatic carbocycles. The van der Waals surface area contributed by atoms with Gasteiger partial charge in [-0.2, -0.15) is 0 Å². The number of hydrogen-bond donors (Lipinski definition) is 0. The molecule has 8 heteroatoms. The molecule has 19 heavy (non-hydrogen) atoms. The van der Waals surface area contributed by atoms with E-state index < -0.39 is 35.3 Å². The second-order valence-electron chi connectivity index (χ2n) is 3.58. The summed E-state index contributed by atoms with van der Waals surface area (Å²) < 4.78 is 64.9. The van der Waals surface area contributed by atoms with Gasteiger partial charge in [-0.15, -0.1) is 24.8 Å². The summed E-state index contributed by atoms with van der Waals surface area (Å²) in [6, 6.07) is 2.29. The van der Waals surface area contributed by atoms with E-state index in [1.807, 2.05) is 0 Å². The summed E-state index contributed by atoms with van der Waals surface area (Å²) in [5.41, 5.74) is -1.18. The minimum atomic E-state index is -5.13. The Balaban J connectivity index is 3.22. The van der Waals surface area contributed by atoms with Crippen molar-refractivity contribution < 1.29 is 31.5 Å². The molecule has 0 saturated heterocycles. The van der Waals surface area contributed by atoms with Crippen molar-refractivity contribution >= 4 is 17.4 Å². The highest BCUT2D eigenvalue weighted by atomic mass is 35.5. The lowest BCUT2D eigenvalue weighted by molar-refractivity contribution is -0.275. The molecule has 0 radical (unpaired) electrons. The Hall–Kier alpha value is -1.37. The van der Waals surface area contributed by atoms with Crippen LogP contribution in [-0.2, 0) is 0 Å². The topological polar surface area (TPSA) is 26.3 Å². The summed E-state index contributed by atoms with van der Waals surface area (Å²) in [6.45, 7) is 1.31. The van der Waals surface area contributed by atoms with Gasteiger partial charge in [0.15, 0.2) is 5.78 Å². The molecule has 1 rings (SSSR count). The first-order chi connectivity index (χ1) is 8.61. The maximum atomic E-state index is 12.5. The van der Waals surface area contributed by atoms with Crippen LogP contribution in [0.1, 0.15) is 29.3 Å². The first-order valence-electron chi connectivity index (χ1n) is 4.98. The van der Waals surface area contributed by atoms with Crippen molar-refractivity contribution in [2.45, 2.75) is 25.1 Å². The number of rotatable bonds is 4. The molecule has 0 N–H and O–H groups in total. The quantitative estimate of drug-likeness (QED) is 0.470. The fraction of sp³-hybridized carbons (Fsp3) is 0.364. The predicted octanol–water partition coefficient (Wildman–Crippen LogP) is 4.33. The molecule has 0 aliphatic rings. The highest BCUT2D eigenvalue weighted by Crippen LogP contribution is 2.34. The van der Waals surface area contributed by atoms with E-state index in [2.05, 4.69) is 4.74 Å². The normalized spacial score (nSPS) is 13.5. The maximum Gasteiger partial charge on any atom is 0.573 e. The third-order valence-corrected chi connectivity index (χ3v) is 2.32. The van der Waals surface area contributed by atoms with Gasteiger partial charge in [-0.1, -0.05) is 6.07 Å². The number of hydrogen-bond acceptors (Lipinski definition) is 2. The van der Waals surface area contributed by atoms with Gasteiger partial charge >= 0.3 is 6.36 Å². The molecule has 106 valence electrons. The zero-order valence-electron chi connectivity index (χ0n) is 9.47. The first-order valence-corrected chi connectivity index (χ1v) is 5.41. The minimum absolute atomic E-state index is 0.230. The molecule has 0 aromatic heterocycles. The molecule has 0 fully saturated rings. The molecule has 0 heterocycles. The molecule has 0 aliphatic carbocycles. The van der Waals surface area contributed by atoms with Crippen LogP contribution in [0.25, 0.3) is 0 Å². The molecule has 0 amide bonds. The van der Waals surface area contributed by atoms with Crippen molar-refractivity contribution in [3.8, 4) is 5.75 Å². The van der Waals surface area contributed by atoms with Gasteiger partial charge in [0.1, 0.15) is 5.75 Å². The number of alkyl halides is 6. The third kappa shape index (κ3) is 4.34. The van der Waals surface area contributed by atoms with Gasteiger partial charge in [0.05, 0.1) is 10.9 Å². The van der Waals surface area contributed by atoms with Crippen LogP contribution < -0.4 is 4.74 Å². The van der Waals surface area contributed by atoms with E-state index in [0.29, 0.717) is 12.1 Å². The van der Waals surface area contributed by atoms with Gasteiger partial charge < -0.3 is 4.74 Å². The first kappa shape index (κ1) is 15.7. The smallest absolute Gasteiger partial charge is 0.405 e. The van der Waals surface area contributed by atoms with Crippen LogP contribution in [0.3, 0.4) is 0 Å². The number of ether oxygens (including phenoxy) is 1. The van der Waals surface area contributed by atoms with Crippen LogP contribution in [0.2, 0.25) is 0 Å². The van der Waals surface area contributed by atoms with Crippen molar-refractivity contribution in [3.63, 3.8) is 0 Å². The number of carbonyl (C=O) groups excluding carboxylic acids is 1. The number of benzene rings is 1. The average molecular weight is 303 g/mol. The zero-order valence-corrected chi connectivity index (χ0v) is 10.2. The molecule has 0 bridgehead atoms. The molecule has 1 atom stereocenters. The molecule has 1 aromatic rings. The van der Waals surface area contributed by atoms with Crippen molar-refractivity contribution in [1.82, 2.24) is 0 Å². The molecule has 0 spiro atoms. The SMILES string of the molecule is CC(Cl)C(=O)c1ccc(C(F)F)c(OC(F)(F)F)c1. The molecule has 2 nitrogen and oxygen atoms in total. The maximum absolute atomic E-state index is 12.5.